The summed E-state index contributed by atoms with van der Waals surface area (Å²) < 4.78 is 34.4. The van der Waals surface area contributed by atoms with Crippen LogP contribution in [-0.2, 0) is 6.54 Å². The number of rotatable bonds is 7. The molecule has 0 unspecified atom stereocenters. The summed E-state index contributed by atoms with van der Waals surface area (Å²) in [6.07, 6.45) is 1.39. The molecule has 0 aliphatic rings. The summed E-state index contributed by atoms with van der Waals surface area (Å²) in [5.41, 5.74) is 1.10. The Morgan fingerprint density at radius 2 is 1.96 bits per heavy atom. The SMILES string of the molecule is Cc1cc(NC(=O)c2ccco2)sc1C(=O)NCc1ccccc1OC(F)F. The van der Waals surface area contributed by atoms with Crippen molar-refractivity contribution in [2.24, 2.45) is 0 Å². The molecular weight excluding hydrogens is 390 g/mol. The van der Waals surface area contributed by atoms with Crippen LogP contribution in [0, 0.1) is 6.92 Å². The predicted octanol–water partition coefficient (Wildman–Crippen LogP) is 4.43. The number of hydrogen-bond donors (Lipinski definition) is 2. The second kappa shape index (κ2) is 8.66. The molecule has 0 aliphatic heterocycles. The monoisotopic (exact) mass is 406 g/mol. The predicted molar refractivity (Wildman–Crippen MR) is 100.0 cm³/mol. The fraction of sp³-hybridized carbons (Fsp3) is 0.158. The summed E-state index contributed by atoms with van der Waals surface area (Å²) in [7, 11) is 0. The van der Waals surface area contributed by atoms with Gasteiger partial charge in [-0.2, -0.15) is 8.78 Å². The second-order valence-corrected chi connectivity index (χ2v) is 6.78. The Bertz CT molecular complexity index is 970. The number of benzene rings is 1. The number of halogens is 2. The van der Waals surface area contributed by atoms with Crippen molar-refractivity contribution in [1.29, 1.82) is 0 Å². The van der Waals surface area contributed by atoms with Gasteiger partial charge in [-0.1, -0.05) is 18.2 Å². The van der Waals surface area contributed by atoms with Crippen molar-refractivity contribution in [2.75, 3.05) is 5.32 Å². The van der Waals surface area contributed by atoms with Crippen LogP contribution in [0.25, 0.3) is 0 Å². The number of alkyl halides is 2. The number of amides is 2. The van der Waals surface area contributed by atoms with Crippen molar-refractivity contribution in [3.8, 4) is 5.75 Å². The normalized spacial score (nSPS) is 10.7. The first kappa shape index (κ1) is 19.6. The van der Waals surface area contributed by atoms with Crippen LogP contribution in [0.15, 0.2) is 53.1 Å². The third kappa shape index (κ3) is 4.74. The van der Waals surface area contributed by atoms with Crippen molar-refractivity contribution in [2.45, 2.75) is 20.1 Å². The van der Waals surface area contributed by atoms with Gasteiger partial charge < -0.3 is 19.8 Å². The van der Waals surface area contributed by atoms with Crippen molar-refractivity contribution < 1.29 is 27.5 Å². The van der Waals surface area contributed by atoms with E-state index in [9.17, 15) is 18.4 Å². The lowest BCUT2D eigenvalue weighted by atomic mass is 10.2. The lowest BCUT2D eigenvalue weighted by Gasteiger charge is -2.11. The van der Waals surface area contributed by atoms with Gasteiger partial charge in [-0.15, -0.1) is 11.3 Å². The van der Waals surface area contributed by atoms with Crippen LogP contribution in [0.4, 0.5) is 13.8 Å². The van der Waals surface area contributed by atoms with Crippen LogP contribution in [0.5, 0.6) is 5.75 Å². The highest BCUT2D eigenvalue weighted by atomic mass is 32.1. The average molecular weight is 406 g/mol. The largest absolute Gasteiger partial charge is 0.459 e. The Balaban J connectivity index is 1.65. The van der Waals surface area contributed by atoms with Crippen LogP contribution < -0.4 is 15.4 Å². The van der Waals surface area contributed by atoms with E-state index >= 15 is 0 Å². The molecule has 2 heterocycles. The van der Waals surface area contributed by atoms with Crippen LogP contribution in [-0.4, -0.2) is 18.4 Å². The molecule has 0 saturated heterocycles. The van der Waals surface area contributed by atoms with Gasteiger partial charge in [0.25, 0.3) is 11.8 Å². The highest BCUT2D eigenvalue weighted by Crippen LogP contribution is 2.27. The number of ether oxygens (including phenoxy) is 1. The molecule has 146 valence electrons. The minimum Gasteiger partial charge on any atom is -0.459 e. The molecule has 28 heavy (non-hydrogen) atoms. The van der Waals surface area contributed by atoms with Gasteiger partial charge in [-0.3, -0.25) is 9.59 Å². The number of nitrogens with one attached hydrogen (secondary N) is 2. The molecule has 0 spiro atoms. The number of aryl methyl sites for hydroxylation is 1. The Kier molecular flexibility index (Phi) is 6.05. The Morgan fingerprint density at radius 3 is 2.68 bits per heavy atom. The van der Waals surface area contributed by atoms with E-state index in [2.05, 4.69) is 15.4 Å². The summed E-state index contributed by atoms with van der Waals surface area (Å²) in [4.78, 5) is 24.9. The number of carbonyl (C=O) groups is 2. The van der Waals surface area contributed by atoms with E-state index in [0.29, 0.717) is 21.0 Å². The van der Waals surface area contributed by atoms with Gasteiger partial charge >= 0.3 is 6.61 Å². The molecule has 0 bridgehead atoms. The number of thiophene rings is 1. The minimum absolute atomic E-state index is 0.00658. The highest BCUT2D eigenvalue weighted by molar-refractivity contribution is 7.18. The Hall–Kier alpha value is -3.20. The summed E-state index contributed by atoms with van der Waals surface area (Å²) in [6.45, 7) is -1.19. The second-order valence-electron chi connectivity index (χ2n) is 5.72. The fourth-order valence-corrected chi connectivity index (χ4v) is 3.45. The van der Waals surface area contributed by atoms with Gasteiger partial charge in [0.1, 0.15) is 5.75 Å². The van der Waals surface area contributed by atoms with E-state index in [1.165, 1.54) is 18.4 Å². The molecule has 0 saturated carbocycles. The van der Waals surface area contributed by atoms with E-state index in [4.69, 9.17) is 4.42 Å². The molecule has 6 nitrogen and oxygen atoms in total. The smallest absolute Gasteiger partial charge is 0.387 e. The lowest BCUT2D eigenvalue weighted by Crippen LogP contribution is -2.23. The molecule has 3 aromatic rings. The summed E-state index contributed by atoms with van der Waals surface area (Å²) in [5.74, 6) is -0.635. The third-order valence-electron chi connectivity index (χ3n) is 3.73. The van der Waals surface area contributed by atoms with E-state index in [-0.39, 0.29) is 24.0 Å². The first-order valence-corrected chi connectivity index (χ1v) is 9.02. The van der Waals surface area contributed by atoms with Crippen LogP contribution in [0.3, 0.4) is 0 Å². The van der Waals surface area contributed by atoms with Gasteiger partial charge in [-0.25, -0.2) is 0 Å². The number of para-hydroxylation sites is 1. The van der Waals surface area contributed by atoms with Crippen LogP contribution in [0.1, 0.15) is 31.4 Å². The number of hydrogen-bond acceptors (Lipinski definition) is 5. The molecule has 0 aliphatic carbocycles. The molecule has 0 atom stereocenters. The van der Waals surface area contributed by atoms with E-state index < -0.39 is 12.5 Å². The van der Waals surface area contributed by atoms with Crippen LogP contribution in [0.2, 0.25) is 0 Å². The van der Waals surface area contributed by atoms with Crippen molar-refractivity contribution in [1.82, 2.24) is 5.32 Å². The topological polar surface area (TPSA) is 80.6 Å². The maximum atomic E-state index is 12.5. The summed E-state index contributed by atoms with van der Waals surface area (Å²) in [6, 6.07) is 11.0. The first-order chi connectivity index (χ1) is 13.4. The number of furan rings is 1. The summed E-state index contributed by atoms with van der Waals surface area (Å²) >= 11 is 1.11. The van der Waals surface area contributed by atoms with Crippen LogP contribution >= 0.6 is 11.3 Å². The first-order valence-electron chi connectivity index (χ1n) is 8.20. The van der Waals surface area contributed by atoms with E-state index in [1.54, 1.807) is 37.3 Å². The third-order valence-corrected chi connectivity index (χ3v) is 4.89. The zero-order valence-corrected chi connectivity index (χ0v) is 15.5. The summed E-state index contributed by atoms with van der Waals surface area (Å²) in [5, 5.41) is 5.84. The molecule has 2 aromatic heterocycles. The number of carbonyl (C=O) groups excluding carboxylic acids is 2. The van der Waals surface area contributed by atoms with Crippen molar-refractivity contribution >= 4 is 28.2 Å². The molecule has 9 heteroatoms. The quantitative estimate of drug-likeness (QED) is 0.608. The minimum atomic E-state index is -2.95. The molecule has 1 aromatic carbocycles. The van der Waals surface area contributed by atoms with Gasteiger partial charge in [-0.05, 0) is 36.8 Å². The molecule has 0 fully saturated rings. The Morgan fingerprint density at radius 1 is 1.18 bits per heavy atom. The molecule has 2 N–H and O–H groups in total. The molecular formula is C19H16F2N2O4S. The zero-order valence-electron chi connectivity index (χ0n) is 14.7. The van der Waals surface area contributed by atoms with Crippen molar-refractivity contribution in [3.63, 3.8) is 0 Å². The van der Waals surface area contributed by atoms with Gasteiger partial charge in [0.05, 0.1) is 16.1 Å². The highest BCUT2D eigenvalue weighted by Gasteiger charge is 2.17. The van der Waals surface area contributed by atoms with E-state index in [0.717, 1.165) is 11.3 Å². The van der Waals surface area contributed by atoms with E-state index in [1.807, 2.05) is 0 Å². The average Bonchev–Trinajstić information content (AvgIpc) is 3.30. The molecule has 2 amide bonds. The maximum absolute atomic E-state index is 12.5. The standard InChI is InChI=1S/C19H16F2N2O4S/c1-11-9-15(23-17(24)14-7-4-8-26-14)28-16(11)18(25)22-10-12-5-2-3-6-13(12)27-19(20)21/h2-9,19H,10H2,1H3,(H,22,25)(H,23,24). The fourth-order valence-electron chi connectivity index (χ4n) is 2.47. The van der Waals surface area contributed by atoms with Crippen molar-refractivity contribution in [3.05, 3.63) is 70.5 Å². The number of anilines is 1. The molecule has 0 radical (unpaired) electrons. The molecule has 3 rings (SSSR count). The lowest BCUT2D eigenvalue weighted by molar-refractivity contribution is -0.0504. The van der Waals surface area contributed by atoms with Gasteiger partial charge in [0.15, 0.2) is 5.76 Å². The Labute approximate surface area is 163 Å². The maximum Gasteiger partial charge on any atom is 0.387 e. The zero-order chi connectivity index (χ0) is 20.1. The van der Waals surface area contributed by atoms with Gasteiger partial charge in [0.2, 0.25) is 0 Å². The van der Waals surface area contributed by atoms with Gasteiger partial charge in [0, 0.05) is 12.1 Å².